The summed E-state index contributed by atoms with van der Waals surface area (Å²) in [5.74, 6) is -2.32. The third-order valence-corrected chi connectivity index (χ3v) is 4.50. The van der Waals surface area contributed by atoms with E-state index in [0.717, 1.165) is 17.9 Å². The number of nitrogens with one attached hydrogen (secondary N) is 3. The number of hydrogen-bond donors (Lipinski definition) is 3. The van der Waals surface area contributed by atoms with Gasteiger partial charge in [0.15, 0.2) is 6.04 Å². The minimum Gasteiger partial charge on any atom is -0.362 e. The van der Waals surface area contributed by atoms with Crippen molar-refractivity contribution < 1.29 is 24.0 Å². The highest BCUT2D eigenvalue weighted by atomic mass is 16.7. The lowest BCUT2D eigenvalue weighted by atomic mass is 10.0. The summed E-state index contributed by atoms with van der Waals surface area (Å²) < 4.78 is 0. The highest BCUT2D eigenvalue weighted by Crippen LogP contribution is 2.21. The minimum absolute atomic E-state index is 0.0684. The van der Waals surface area contributed by atoms with E-state index in [-0.39, 0.29) is 19.0 Å². The van der Waals surface area contributed by atoms with Crippen molar-refractivity contribution in [1.29, 1.82) is 0 Å². The van der Waals surface area contributed by atoms with Gasteiger partial charge in [0.1, 0.15) is 6.04 Å². The van der Waals surface area contributed by atoms with Crippen LogP contribution in [0.5, 0.6) is 0 Å². The van der Waals surface area contributed by atoms with E-state index in [2.05, 4.69) is 22.5 Å². The summed E-state index contributed by atoms with van der Waals surface area (Å²) in [6, 6.07) is -1.88. The van der Waals surface area contributed by atoms with Gasteiger partial charge in [0, 0.05) is 19.3 Å². The first-order chi connectivity index (χ1) is 12.3. The Hall–Kier alpha value is -2.62. The van der Waals surface area contributed by atoms with Gasteiger partial charge in [-0.1, -0.05) is 6.58 Å². The Morgan fingerprint density at radius 2 is 1.88 bits per heavy atom. The zero-order chi connectivity index (χ0) is 19.3. The van der Waals surface area contributed by atoms with Crippen LogP contribution in [0.15, 0.2) is 12.3 Å². The van der Waals surface area contributed by atoms with E-state index in [1.54, 1.807) is 0 Å². The summed E-state index contributed by atoms with van der Waals surface area (Å²) in [5, 5.41) is 8.34. The van der Waals surface area contributed by atoms with Crippen molar-refractivity contribution in [2.75, 3.05) is 33.8 Å². The quantitative estimate of drug-likeness (QED) is 0.388. The molecule has 2 rings (SSSR count). The topological polar surface area (TPSA) is 120 Å². The number of nitrogens with zero attached hydrogens (tertiary/aromatic N) is 2. The van der Waals surface area contributed by atoms with Gasteiger partial charge in [-0.3, -0.25) is 24.0 Å². The van der Waals surface area contributed by atoms with Crippen molar-refractivity contribution in [2.45, 2.75) is 31.3 Å². The van der Waals surface area contributed by atoms with Crippen molar-refractivity contribution in [2.24, 2.45) is 0 Å². The maximum absolute atomic E-state index is 12.4. The first-order valence-corrected chi connectivity index (χ1v) is 8.46. The van der Waals surface area contributed by atoms with E-state index in [0.29, 0.717) is 18.7 Å². The summed E-state index contributed by atoms with van der Waals surface area (Å²) in [4.78, 5) is 55.9. The SMILES string of the molecule is C=C1CNC(=O)C(C(=O)N(C)OC)NC(=O)CNC(=O)C2CCCCN12. The zero-order valence-corrected chi connectivity index (χ0v) is 15.0. The van der Waals surface area contributed by atoms with Crippen LogP contribution in [-0.4, -0.2) is 79.5 Å². The molecule has 0 aromatic heterocycles. The number of hydroxylamine groups is 2. The molecule has 0 saturated carbocycles. The lowest BCUT2D eigenvalue weighted by molar-refractivity contribution is -0.172. The molecule has 26 heavy (non-hydrogen) atoms. The predicted molar refractivity (Wildman–Crippen MR) is 91.2 cm³/mol. The average Bonchev–Trinajstić information content (AvgIpc) is 2.66. The Bertz CT molecular complexity index is 608. The lowest BCUT2D eigenvalue weighted by Gasteiger charge is -2.38. The van der Waals surface area contributed by atoms with Crippen molar-refractivity contribution in [3.8, 4) is 0 Å². The fraction of sp³-hybridized carbons (Fsp3) is 0.625. The summed E-state index contributed by atoms with van der Waals surface area (Å²) in [5.41, 5.74) is 0.580. The van der Waals surface area contributed by atoms with E-state index in [9.17, 15) is 19.2 Å². The van der Waals surface area contributed by atoms with Crippen LogP contribution < -0.4 is 16.0 Å². The van der Waals surface area contributed by atoms with Gasteiger partial charge < -0.3 is 20.9 Å². The summed E-state index contributed by atoms with van der Waals surface area (Å²) in [7, 11) is 2.60. The van der Waals surface area contributed by atoms with E-state index in [1.807, 2.05) is 4.90 Å². The number of rotatable bonds is 2. The molecule has 4 amide bonds. The molecule has 2 atom stereocenters. The number of hydrogen-bond acceptors (Lipinski definition) is 6. The number of carbonyl (C=O) groups is 4. The highest BCUT2D eigenvalue weighted by Gasteiger charge is 2.34. The molecule has 0 aromatic rings. The van der Waals surface area contributed by atoms with Gasteiger partial charge in [0.25, 0.3) is 11.8 Å². The molecule has 0 aliphatic carbocycles. The molecular formula is C16H25N5O5. The van der Waals surface area contributed by atoms with E-state index in [1.165, 1.54) is 14.2 Å². The molecule has 0 aromatic carbocycles. The molecule has 0 bridgehead atoms. The Morgan fingerprint density at radius 3 is 2.58 bits per heavy atom. The van der Waals surface area contributed by atoms with Gasteiger partial charge in [-0.2, -0.15) is 0 Å². The highest BCUT2D eigenvalue weighted by molar-refractivity contribution is 6.07. The standard InChI is InChI=1S/C16H25N5O5/c1-10-8-17-15(24)13(16(25)20(2)26-3)19-12(22)9-18-14(23)11-6-4-5-7-21(10)11/h11,13H,1,4-9H2,2-3H3,(H,17,24)(H,18,23)(H,19,22). The molecule has 2 aliphatic rings. The Labute approximate surface area is 151 Å². The molecule has 2 saturated heterocycles. The molecular weight excluding hydrogens is 342 g/mol. The van der Waals surface area contributed by atoms with Crippen LogP contribution in [0.4, 0.5) is 0 Å². The van der Waals surface area contributed by atoms with Crippen molar-refractivity contribution in [3.63, 3.8) is 0 Å². The van der Waals surface area contributed by atoms with Gasteiger partial charge in [0.05, 0.1) is 20.2 Å². The largest absolute Gasteiger partial charge is 0.362 e. The Balaban J connectivity index is 2.21. The molecule has 2 fully saturated rings. The molecule has 2 heterocycles. The summed E-state index contributed by atoms with van der Waals surface area (Å²) in [6.07, 6.45) is 2.47. The van der Waals surface area contributed by atoms with Gasteiger partial charge in [-0.25, -0.2) is 5.06 Å². The molecule has 2 unspecified atom stereocenters. The summed E-state index contributed by atoms with van der Waals surface area (Å²) >= 11 is 0. The number of carbonyl (C=O) groups excluding carboxylic acids is 4. The van der Waals surface area contributed by atoms with Crippen LogP contribution >= 0.6 is 0 Å². The van der Waals surface area contributed by atoms with Crippen LogP contribution in [0, 0.1) is 0 Å². The Kier molecular flexibility index (Phi) is 6.56. The molecule has 3 N–H and O–H groups in total. The van der Waals surface area contributed by atoms with E-state index < -0.39 is 29.8 Å². The summed E-state index contributed by atoms with van der Waals surface area (Å²) in [6.45, 7) is 4.34. The van der Waals surface area contributed by atoms with Gasteiger partial charge >= 0.3 is 0 Å². The minimum atomic E-state index is -1.46. The van der Waals surface area contributed by atoms with Gasteiger partial charge in [0.2, 0.25) is 11.8 Å². The second-order valence-corrected chi connectivity index (χ2v) is 6.23. The van der Waals surface area contributed by atoms with Crippen LogP contribution in [-0.2, 0) is 24.0 Å². The van der Waals surface area contributed by atoms with Crippen LogP contribution in [0.25, 0.3) is 0 Å². The van der Waals surface area contributed by atoms with Gasteiger partial charge in [-0.15, -0.1) is 0 Å². The molecule has 144 valence electrons. The normalized spacial score (nSPS) is 25.1. The van der Waals surface area contributed by atoms with E-state index in [4.69, 9.17) is 4.84 Å². The molecule has 0 spiro atoms. The first-order valence-electron chi connectivity index (χ1n) is 8.46. The second-order valence-electron chi connectivity index (χ2n) is 6.23. The zero-order valence-electron chi connectivity index (χ0n) is 15.0. The van der Waals surface area contributed by atoms with Crippen molar-refractivity contribution in [1.82, 2.24) is 25.9 Å². The molecule has 10 nitrogen and oxygen atoms in total. The van der Waals surface area contributed by atoms with Crippen LogP contribution in [0.3, 0.4) is 0 Å². The van der Waals surface area contributed by atoms with Crippen molar-refractivity contribution in [3.05, 3.63) is 12.3 Å². The van der Waals surface area contributed by atoms with Gasteiger partial charge in [-0.05, 0) is 19.3 Å². The fourth-order valence-electron chi connectivity index (χ4n) is 2.98. The fourth-order valence-corrected chi connectivity index (χ4v) is 2.98. The maximum Gasteiger partial charge on any atom is 0.278 e. The predicted octanol–water partition coefficient (Wildman–Crippen LogP) is -1.89. The van der Waals surface area contributed by atoms with E-state index >= 15 is 0 Å². The molecule has 0 radical (unpaired) electrons. The first kappa shape index (κ1) is 19.7. The number of likely N-dealkylation sites (N-methyl/N-ethyl adjacent to an activating group) is 1. The van der Waals surface area contributed by atoms with Crippen molar-refractivity contribution >= 4 is 23.6 Å². The maximum atomic E-state index is 12.4. The average molecular weight is 367 g/mol. The smallest absolute Gasteiger partial charge is 0.278 e. The second kappa shape index (κ2) is 8.65. The lowest BCUT2D eigenvalue weighted by Crippen LogP contribution is -2.59. The third-order valence-electron chi connectivity index (χ3n) is 4.50. The monoisotopic (exact) mass is 367 g/mol. The number of fused-ring (bicyclic) bond motifs is 1. The van der Waals surface area contributed by atoms with Crippen LogP contribution in [0.1, 0.15) is 19.3 Å². The number of piperidine rings is 1. The third kappa shape index (κ3) is 4.51. The Morgan fingerprint density at radius 1 is 1.19 bits per heavy atom. The molecule has 10 heteroatoms. The molecule has 2 aliphatic heterocycles. The number of amides is 4. The van der Waals surface area contributed by atoms with Crippen LogP contribution in [0.2, 0.25) is 0 Å².